The Morgan fingerprint density at radius 3 is 2.63 bits per heavy atom. The number of hydrogen-bond donors (Lipinski definition) is 0. The number of methoxy groups -OCH3 is 1. The molecule has 0 aromatic heterocycles. The van der Waals surface area contributed by atoms with Gasteiger partial charge in [0.25, 0.3) is 5.91 Å². The van der Waals surface area contributed by atoms with E-state index in [1.54, 1.807) is 7.11 Å². The Kier molecular flexibility index (Phi) is 4.86. The van der Waals surface area contributed by atoms with E-state index in [4.69, 9.17) is 4.74 Å². The Labute approximate surface area is 123 Å². The summed E-state index contributed by atoms with van der Waals surface area (Å²) in [4.78, 5) is 14.6. The van der Waals surface area contributed by atoms with Crippen LogP contribution in [0.15, 0.2) is 22.7 Å². The van der Waals surface area contributed by atoms with Crippen molar-refractivity contribution in [2.45, 2.75) is 38.6 Å². The Bertz CT molecular complexity index is 455. The first-order valence-electron chi connectivity index (χ1n) is 6.82. The van der Waals surface area contributed by atoms with Crippen LogP contribution in [0.1, 0.15) is 43.0 Å². The Morgan fingerprint density at radius 1 is 1.42 bits per heavy atom. The summed E-state index contributed by atoms with van der Waals surface area (Å²) in [5, 5.41) is 0. The molecular formula is C15H20BrNO2. The third-order valence-electron chi connectivity index (χ3n) is 3.77. The smallest absolute Gasteiger partial charge is 0.254 e. The molecule has 1 saturated carbocycles. The zero-order chi connectivity index (χ0) is 13.8. The van der Waals surface area contributed by atoms with E-state index in [2.05, 4.69) is 22.9 Å². The molecule has 0 atom stereocenters. The first kappa shape index (κ1) is 14.4. The lowest BCUT2D eigenvalue weighted by molar-refractivity contribution is 0.0693. The lowest BCUT2D eigenvalue weighted by Gasteiger charge is -2.27. The molecule has 0 saturated heterocycles. The summed E-state index contributed by atoms with van der Waals surface area (Å²) >= 11 is 3.43. The Hall–Kier alpha value is -1.03. The van der Waals surface area contributed by atoms with Crippen molar-refractivity contribution in [2.75, 3.05) is 13.7 Å². The van der Waals surface area contributed by atoms with Crippen LogP contribution in [-0.2, 0) is 0 Å². The van der Waals surface area contributed by atoms with Gasteiger partial charge in [0.2, 0.25) is 0 Å². The van der Waals surface area contributed by atoms with Crippen LogP contribution in [0.2, 0.25) is 0 Å². The number of halogens is 1. The molecule has 1 aromatic rings. The van der Waals surface area contributed by atoms with Crippen LogP contribution in [0.25, 0.3) is 0 Å². The number of carbonyl (C=O) groups is 1. The first-order chi connectivity index (χ1) is 9.17. The van der Waals surface area contributed by atoms with Crippen molar-refractivity contribution < 1.29 is 9.53 Å². The third kappa shape index (κ3) is 3.11. The average Bonchev–Trinajstić information content (AvgIpc) is 2.93. The van der Waals surface area contributed by atoms with Crippen molar-refractivity contribution in [3.05, 3.63) is 28.2 Å². The maximum atomic E-state index is 12.6. The lowest BCUT2D eigenvalue weighted by atomic mass is 10.1. The normalized spacial score (nSPS) is 15.5. The van der Waals surface area contributed by atoms with Crippen molar-refractivity contribution >= 4 is 21.8 Å². The number of rotatable bonds is 4. The molecule has 3 nitrogen and oxygen atoms in total. The minimum Gasteiger partial charge on any atom is -0.496 e. The van der Waals surface area contributed by atoms with Crippen LogP contribution in [0.4, 0.5) is 0 Å². The molecule has 0 unspecified atom stereocenters. The molecule has 2 rings (SSSR count). The van der Waals surface area contributed by atoms with Crippen LogP contribution < -0.4 is 4.74 Å². The molecule has 19 heavy (non-hydrogen) atoms. The molecular weight excluding hydrogens is 306 g/mol. The molecule has 0 spiro atoms. The van der Waals surface area contributed by atoms with E-state index >= 15 is 0 Å². The fourth-order valence-corrected chi connectivity index (χ4v) is 3.29. The topological polar surface area (TPSA) is 29.5 Å². The number of benzene rings is 1. The number of hydrogen-bond acceptors (Lipinski definition) is 2. The Balaban J connectivity index is 2.19. The van der Waals surface area contributed by atoms with Crippen molar-refractivity contribution in [3.8, 4) is 5.75 Å². The third-order valence-corrected chi connectivity index (χ3v) is 4.39. The van der Waals surface area contributed by atoms with E-state index < -0.39 is 0 Å². The largest absolute Gasteiger partial charge is 0.496 e. The van der Waals surface area contributed by atoms with Crippen molar-refractivity contribution in [1.82, 2.24) is 4.90 Å². The molecule has 104 valence electrons. The molecule has 0 radical (unpaired) electrons. The first-order valence-corrected chi connectivity index (χ1v) is 7.61. The molecule has 1 amide bonds. The van der Waals surface area contributed by atoms with Gasteiger partial charge in [-0.2, -0.15) is 0 Å². The molecule has 4 heteroatoms. The number of nitrogens with zero attached hydrogens (tertiary/aromatic N) is 1. The summed E-state index contributed by atoms with van der Waals surface area (Å²) in [6.45, 7) is 2.82. The number of carbonyl (C=O) groups excluding carboxylic acids is 1. The van der Waals surface area contributed by atoms with Crippen molar-refractivity contribution in [2.24, 2.45) is 0 Å². The van der Waals surface area contributed by atoms with Crippen LogP contribution >= 0.6 is 15.9 Å². The Morgan fingerprint density at radius 2 is 2.11 bits per heavy atom. The molecule has 1 aliphatic carbocycles. The van der Waals surface area contributed by atoms with Gasteiger partial charge < -0.3 is 9.64 Å². The highest BCUT2D eigenvalue weighted by molar-refractivity contribution is 9.10. The molecule has 0 aliphatic heterocycles. The summed E-state index contributed by atoms with van der Waals surface area (Å²) in [6.07, 6.45) is 4.75. The van der Waals surface area contributed by atoms with Crippen molar-refractivity contribution in [3.63, 3.8) is 0 Å². The second-order valence-electron chi connectivity index (χ2n) is 4.88. The second kappa shape index (κ2) is 6.42. The van der Waals surface area contributed by atoms with Crippen LogP contribution in [0, 0.1) is 0 Å². The molecule has 0 heterocycles. The SMILES string of the molecule is CCN(C(=O)c1ccc(OC)c(Br)c1)C1CCCC1. The lowest BCUT2D eigenvalue weighted by Crippen LogP contribution is -2.38. The van der Waals surface area contributed by atoms with E-state index in [1.807, 2.05) is 23.1 Å². The molecule has 1 fully saturated rings. The molecule has 0 N–H and O–H groups in total. The molecule has 1 aromatic carbocycles. The minimum atomic E-state index is 0.123. The fraction of sp³-hybridized carbons (Fsp3) is 0.533. The standard InChI is InChI=1S/C15H20BrNO2/c1-3-17(12-6-4-5-7-12)15(18)11-8-9-14(19-2)13(16)10-11/h8-10,12H,3-7H2,1-2H3. The summed E-state index contributed by atoms with van der Waals surface area (Å²) in [6, 6.07) is 5.93. The van der Waals surface area contributed by atoms with Gasteiger partial charge in [-0.1, -0.05) is 12.8 Å². The van der Waals surface area contributed by atoms with Crippen molar-refractivity contribution in [1.29, 1.82) is 0 Å². The van der Waals surface area contributed by atoms with Crippen LogP contribution in [-0.4, -0.2) is 30.5 Å². The highest BCUT2D eigenvalue weighted by Crippen LogP contribution is 2.28. The van der Waals surface area contributed by atoms with Gasteiger partial charge in [0.1, 0.15) is 5.75 Å². The summed E-state index contributed by atoms with van der Waals surface area (Å²) in [7, 11) is 1.62. The van der Waals surface area contributed by atoms with E-state index in [0.717, 1.165) is 35.2 Å². The van der Waals surface area contributed by atoms with Gasteiger partial charge in [0.05, 0.1) is 11.6 Å². The van der Waals surface area contributed by atoms with Gasteiger partial charge >= 0.3 is 0 Å². The maximum Gasteiger partial charge on any atom is 0.254 e. The van der Waals surface area contributed by atoms with Crippen LogP contribution in [0.5, 0.6) is 5.75 Å². The van der Waals surface area contributed by atoms with Gasteiger partial charge in [-0.3, -0.25) is 4.79 Å². The average molecular weight is 326 g/mol. The quantitative estimate of drug-likeness (QED) is 0.841. The van der Waals surface area contributed by atoms with Gasteiger partial charge in [-0.25, -0.2) is 0 Å². The van der Waals surface area contributed by atoms with Gasteiger partial charge in [-0.05, 0) is 53.9 Å². The van der Waals surface area contributed by atoms with Gasteiger partial charge in [-0.15, -0.1) is 0 Å². The predicted octanol–water partition coefficient (Wildman–Crippen LogP) is 3.86. The second-order valence-corrected chi connectivity index (χ2v) is 5.73. The van der Waals surface area contributed by atoms with Gasteiger partial charge in [0.15, 0.2) is 0 Å². The maximum absolute atomic E-state index is 12.6. The summed E-state index contributed by atoms with van der Waals surface area (Å²) in [5.41, 5.74) is 0.724. The van der Waals surface area contributed by atoms with E-state index in [0.29, 0.717) is 6.04 Å². The van der Waals surface area contributed by atoms with E-state index in [-0.39, 0.29) is 5.91 Å². The summed E-state index contributed by atoms with van der Waals surface area (Å²) < 4.78 is 6.02. The monoisotopic (exact) mass is 325 g/mol. The zero-order valence-corrected chi connectivity index (χ0v) is 13.1. The fourth-order valence-electron chi connectivity index (χ4n) is 2.75. The van der Waals surface area contributed by atoms with E-state index in [9.17, 15) is 4.79 Å². The van der Waals surface area contributed by atoms with Crippen LogP contribution in [0.3, 0.4) is 0 Å². The molecule has 1 aliphatic rings. The highest BCUT2D eigenvalue weighted by Gasteiger charge is 2.26. The zero-order valence-electron chi connectivity index (χ0n) is 11.5. The predicted molar refractivity (Wildman–Crippen MR) is 79.7 cm³/mol. The van der Waals surface area contributed by atoms with E-state index in [1.165, 1.54) is 12.8 Å². The highest BCUT2D eigenvalue weighted by atomic mass is 79.9. The number of ether oxygens (including phenoxy) is 1. The minimum absolute atomic E-state index is 0.123. The van der Waals surface area contributed by atoms with Gasteiger partial charge in [0, 0.05) is 18.2 Å². The molecule has 0 bridgehead atoms. The summed E-state index contributed by atoms with van der Waals surface area (Å²) in [5.74, 6) is 0.873. The number of amides is 1.